The van der Waals surface area contributed by atoms with Gasteiger partial charge in [0, 0.05) is 16.7 Å². The van der Waals surface area contributed by atoms with Crippen LogP contribution in [0.15, 0.2) is 29.8 Å². The predicted octanol–water partition coefficient (Wildman–Crippen LogP) is 1.47. The number of carbonyl (C=O) groups excluding carboxylic acids is 2. The van der Waals surface area contributed by atoms with Gasteiger partial charge < -0.3 is 39.7 Å². The number of carbonyl (C=O) groups is 3. The molecular weight excluding hydrogens is 588 g/mol. The largest absolute Gasteiger partial charge is 0.487 e. The molecular formula is C28H24F4O11. The van der Waals surface area contributed by atoms with Gasteiger partial charge in [0.05, 0.1) is 5.56 Å². The Hall–Kier alpha value is -3.89. The molecule has 1 aliphatic carbocycles. The van der Waals surface area contributed by atoms with Crippen LogP contribution in [0.1, 0.15) is 48.2 Å². The number of aliphatic hydroxyl groups is 4. The average Bonchev–Trinajstić information content (AvgIpc) is 2.96. The SMILES string of the molecule is CC1(C)CCC2=C(O1)c1ccccc1C(O)(C(=O)c1c(F)c(F)c(O[C@@H]3O[C@H](C(=O)O)[C@@H](O)[C@H](O)[C@H]3O)c(F)c1F)C2=O. The number of aliphatic hydroxyl groups excluding tert-OH is 3. The molecule has 3 aliphatic rings. The van der Waals surface area contributed by atoms with Crippen molar-refractivity contribution in [2.45, 2.75) is 68.6 Å². The van der Waals surface area contributed by atoms with Gasteiger partial charge in [-0.3, -0.25) is 9.59 Å². The lowest BCUT2D eigenvalue weighted by Crippen LogP contribution is -2.61. The normalized spacial score (nSPS) is 29.8. The van der Waals surface area contributed by atoms with Crippen molar-refractivity contribution in [1.82, 2.24) is 0 Å². The minimum absolute atomic E-state index is 0.00679. The third kappa shape index (κ3) is 4.58. The van der Waals surface area contributed by atoms with Crippen molar-refractivity contribution >= 4 is 23.3 Å². The van der Waals surface area contributed by atoms with Crippen molar-refractivity contribution in [2.24, 2.45) is 0 Å². The Bertz CT molecular complexity index is 1560. The van der Waals surface area contributed by atoms with Crippen molar-refractivity contribution < 1.29 is 71.7 Å². The number of ether oxygens (including phenoxy) is 3. The van der Waals surface area contributed by atoms with Crippen molar-refractivity contribution in [3.63, 3.8) is 0 Å². The van der Waals surface area contributed by atoms with Gasteiger partial charge >= 0.3 is 5.97 Å². The zero-order chi connectivity index (χ0) is 31.8. The molecule has 11 nitrogen and oxygen atoms in total. The lowest BCUT2D eigenvalue weighted by molar-refractivity contribution is -0.272. The van der Waals surface area contributed by atoms with E-state index in [2.05, 4.69) is 4.74 Å². The highest BCUT2D eigenvalue weighted by Crippen LogP contribution is 2.48. The van der Waals surface area contributed by atoms with E-state index in [-0.39, 0.29) is 29.7 Å². The highest BCUT2D eigenvalue weighted by molar-refractivity contribution is 6.26. The Balaban J connectivity index is 1.58. The summed E-state index contributed by atoms with van der Waals surface area (Å²) in [4.78, 5) is 38.5. The Morgan fingerprint density at radius 2 is 1.56 bits per heavy atom. The third-order valence-corrected chi connectivity index (χ3v) is 7.62. The Morgan fingerprint density at radius 1 is 0.953 bits per heavy atom. The monoisotopic (exact) mass is 612 g/mol. The fraction of sp³-hybridized carbons (Fsp3) is 0.393. The zero-order valence-corrected chi connectivity index (χ0v) is 22.3. The molecule has 2 aromatic rings. The van der Waals surface area contributed by atoms with Crippen LogP contribution >= 0.6 is 0 Å². The summed E-state index contributed by atoms with van der Waals surface area (Å²) in [5.41, 5.74) is -6.64. The standard InChI is InChI=1S/C28H24F4O11/c1-27(2)8-7-10-20(43-27)9-5-3-4-6-11(9)28(40,23(10)36)24(37)12-13(29)15(31)21(16(32)14(12)30)41-26-19(35)17(33)18(34)22(42-26)25(38)39/h3-6,17-19,22,26,33-35,40H,7-8H2,1-2H3,(H,38,39)/t17-,18-,19+,22-,26+,28?/m0/s1. The van der Waals surface area contributed by atoms with Crippen LogP contribution in [0, 0.1) is 23.3 Å². The van der Waals surface area contributed by atoms with Crippen molar-refractivity contribution in [2.75, 3.05) is 0 Å². The summed E-state index contributed by atoms with van der Waals surface area (Å²) in [5.74, 6) is -16.7. The molecule has 6 atom stereocenters. The molecule has 0 aromatic heterocycles. The summed E-state index contributed by atoms with van der Waals surface area (Å²) in [6.07, 6.45) is -11.4. The molecule has 2 heterocycles. The molecule has 2 aromatic carbocycles. The number of Topliss-reactive ketones (excluding diaryl/α,β-unsaturated/α-hetero) is 2. The van der Waals surface area contributed by atoms with E-state index in [1.165, 1.54) is 18.2 Å². The number of hydrogen-bond acceptors (Lipinski definition) is 10. The summed E-state index contributed by atoms with van der Waals surface area (Å²) in [7, 11) is 0. The first-order valence-electron chi connectivity index (χ1n) is 12.8. The maximum Gasteiger partial charge on any atom is 0.335 e. The fourth-order valence-electron chi connectivity index (χ4n) is 5.29. The molecule has 0 amide bonds. The highest BCUT2D eigenvalue weighted by atomic mass is 19.2. The van der Waals surface area contributed by atoms with E-state index < -0.39 is 99.6 Å². The molecule has 1 unspecified atom stereocenters. The molecule has 5 N–H and O–H groups in total. The molecule has 5 rings (SSSR count). The first-order chi connectivity index (χ1) is 20.0. The summed E-state index contributed by atoms with van der Waals surface area (Å²) >= 11 is 0. The van der Waals surface area contributed by atoms with Crippen LogP contribution in [-0.2, 0) is 24.7 Å². The smallest absolute Gasteiger partial charge is 0.335 e. The van der Waals surface area contributed by atoms with Crippen molar-refractivity contribution in [3.05, 3.63) is 69.8 Å². The lowest BCUT2D eigenvalue weighted by atomic mass is 9.71. The van der Waals surface area contributed by atoms with E-state index in [0.29, 0.717) is 0 Å². The number of carboxylic acid groups (broad SMARTS) is 1. The first kappa shape index (κ1) is 30.6. The number of fused-ring (bicyclic) bond motifs is 2. The number of ketones is 2. The van der Waals surface area contributed by atoms with Gasteiger partial charge in [-0.2, -0.15) is 8.78 Å². The van der Waals surface area contributed by atoms with Gasteiger partial charge in [-0.15, -0.1) is 0 Å². The second kappa shape index (κ2) is 10.4. The van der Waals surface area contributed by atoms with Gasteiger partial charge in [0.2, 0.25) is 35.1 Å². The quantitative estimate of drug-likeness (QED) is 0.143. The highest BCUT2D eigenvalue weighted by Gasteiger charge is 2.56. The molecule has 1 saturated heterocycles. The van der Waals surface area contributed by atoms with Crippen LogP contribution in [0.5, 0.6) is 5.75 Å². The summed E-state index contributed by atoms with van der Waals surface area (Å²) in [5, 5.41) is 50.4. The van der Waals surface area contributed by atoms with E-state index >= 15 is 17.6 Å². The van der Waals surface area contributed by atoms with Gasteiger partial charge in [0.25, 0.3) is 0 Å². The predicted molar refractivity (Wildman–Crippen MR) is 132 cm³/mol. The molecule has 2 aliphatic heterocycles. The average molecular weight is 612 g/mol. The fourth-order valence-corrected chi connectivity index (χ4v) is 5.29. The maximum absolute atomic E-state index is 15.4. The Kier molecular flexibility index (Phi) is 7.38. The topological polar surface area (TPSA) is 180 Å². The van der Waals surface area contributed by atoms with Crippen molar-refractivity contribution in [3.8, 4) is 5.75 Å². The van der Waals surface area contributed by atoms with Crippen LogP contribution in [0.3, 0.4) is 0 Å². The number of aliphatic carboxylic acids is 1. The maximum atomic E-state index is 15.4. The van der Waals surface area contributed by atoms with Gasteiger partial charge in [-0.25, -0.2) is 13.6 Å². The molecule has 1 fully saturated rings. The molecule has 0 spiro atoms. The van der Waals surface area contributed by atoms with E-state index in [9.17, 15) is 34.8 Å². The minimum atomic E-state index is -3.33. The molecule has 0 radical (unpaired) electrons. The lowest BCUT2D eigenvalue weighted by Gasteiger charge is -2.41. The van der Waals surface area contributed by atoms with Gasteiger partial charge in [0.15, 0.2) is 23.5 Å². The summed E-state index contributed by atoms with van der Waals surface area (Å²) in [6.45, 7) is 3.47. The molecule has 0 bridgehead atoms. The number of halogens is 4. The summed E-state index contributed by atoms with van der Waals surface area (Å²) < 4.78 is 76.5. The van der Waals surface area contributed by atoms with Gasteiger partial charge in [-0.1, -0.05) is 24.3 Å². The molecule has 15 heteroatoms. The van der Waals surface area contributed by atoms with E-state index in [4.69, 9.17) is 14.6 Å². The first-order valence-corrected chi connectivity index (χ1v) is 12.8. The van der Waals surface area contributed by atoms with E-state index in [1.54, 1.807) is 13.8 Å². The number of rotatable bonds is 5. The summed E-state index contributed by atoms with van der Waals surface area (Å²) in [6, 6.07) is 5.28. The Labute approximate surface area is 239 Å². The third-order valence-electron chi connectivity index (χ3n) is 7.62. The number of carboxylic acids is 1. The van der Waals surface area contributed by atoms with Crippen LogP contribution < -0.4 is 4.74 Å². The van der Waals surface area contributed by atoms with Crippen LogP contribution in [0.2, 0.25) is 0 Å². The van der Waals surface area contributed by atoms with Gasteiger partial charge in [0.1, 0.15) is 29.7 Å². The minimum Gasteiger partial charge on any atom is -0.487 e. The molecule has 230 valence electrons. The second-order valence-corrected chi connectivity index (χ2v) is 10.9. The zero-order valence-electron chi connectivity index (χ0n) is 22.3. The van der Waals surface area contributed by atoms with E-state index in [1.807, 2.05) is 0 Å². The van der Waals surface area contributed by atoms with Crippen LogP contribution in [0.25, 0.3) is 5.76 Å². The molecule has 43 heavy (non-hydrogen) atoms. The van der Waals surface area contributed by atoms with Crippen LogP contribution in [-0.4, -0.2) is 79.4 Å². The number of hydrogen-bond donors (Lipinski definition) is 5. The van der Waals surface area contributed by atoms with Crippen molar-refractivity contribution in [1.29, 1.82) is 0 Å². The molecule has 0 saturated carbocycles. The van der Waals surface area contributed by atoms with E-state index in [0.717, 1.165) is 6.07 Å². The van der Waals surface area contributed by atoms with Gasteiger partial charge in [-0.05, 0) is 26.7 Å². The Morgan fingerprint density at radius 3 is 2.16 bits per heavy atom. The van der Waals surface area contributed by atoms with Crippen LogP contribution in [0.4, 0.5) is 17.6 Å². The second-order valence-electron chi connectivity index (χ2n) is 10.9. The number of benzene rings is 2.